The molecule has 3 saturated heterocycles. The molecule has 2 unspecified atom stereocenters. The van der Waals surface area contributed by atoms with Crippen molar-refractivity contribution in [2.75, 3.05) is 26.2 Å². The number of aliphatic hydroxyl groups is 1. The molecule has 0 aromatic heterocycles. The van der Waals surface area contributed by atoms with Crippen LogP contribution in [0.1, 0.15) is 91.4 Å². The first-order valence-corrected chi connectivity index (χ1v) is 16.1. The van der Waals surface area contributed by atoms with Crippen LogP contribution in [-0.4, -0.2) is 77.7 Å². The van der Waals surface area contributed by atoms with E-state index in [2.05, 4.69) is 30.6 Å². The standard InChI is InChI=1S/C28H46ClN3O3S/c1-21(2)24-7-6-8-25(32(24)36(34,35)23-11-9-22(29)10-12-23)28(14-15-28)19-26(33)30-17-18-31-16-5-4-13-27(31,3)20-30/h9,11,21,24-26,33H,4-8,10,12-20H2,1-3H3/t24-,25+,26?,27?/m0/s1. The summed E-state index contributed by atoms with van der Waals surface area (Å²) >= 11 is 6.16. The zero-order valence-electron chi connectivity index (χ0n) is 22.5. The smallest absolute Gasteiger partial charge is 0.239 e. The van der Waals surface area contributed by atoms with E-state index in [9.17, 15) is 13.5 Å². The molecule has 3 heterocycles. The normalized spacial score (nSPS) is 35.2. The molecule has 0 spiro atoms. The highest BCUT2D eigenvalue weighted by atomic mass is 35.5. The van der Waals surface area contributed by atoms with Gasteiger partial charge >= 0.3 is 0 Å². The van der Waals surface area contributed by atoms with Crippen molar-refractivity contribution in [3.8, 4) is 0 Å². The molecule has 0 bridgehead atoms. The molecule has 5 aliphatic rings. The second kappa shape index (κ2) is 10.3. The lowest BCUT2D eigenvalue weighted by molar-refractivity contribution is -0.0989. The van der Waals surface area contributed by atoms with E-state index in [0.29, 0.717) is 24.2 Å². The molecule has 4 atom stereocenters. The molecule has 1 saturated carbocycles. The number of piperidine rings is 2. The van der Waals surface area contributed by atoms with Crippen LogP contribution in [-0.2, 0) is 10.0 Å². The van der Waals surface area contributed by atoms with Gasteiger partial charge in [-0.1, -0.05) is 38.3 Å². The Bertz CT molecular complexity index is 992. The third-order valence-corrected chi connectivity index (χ3v) is 12.4. The van der Waals surface area contributed by atoms with Crippen LogP contribution in [0.3, 0.4) is 0 Å². The minimum atomic E-state index is -3.59. The molecule has 3 aliphatic heterocycles. The van der Waals surface area contributed by atoms with Gasteiger partial charge in [0.25, 0.3) is 0 Å². The van der Waals surface area contributed by atoms with Crippen LogP contribution in [0.5, 0.6) is 0 Å². The number of hydrogen-bond donors (Lipinski definition) is 1. The SMILES string of the molecule is CC(C)[C@@H]1CCC[C@H](C2(CC(O)N3CCN4CCCCC4(C)C3)CC2)N1S(=O)(=O)C1=CC=C(Cl)CC1. The summed E-state index contributed by atoms with van der Waals surface area (Å²) in [5.74, 6) is 0.256. The van der Waals surface area contributed by atoms with E-state index in [-0.39, 0.29) is 29.0 Å². The number of halogens is 1. The molecule has 1 N–H and O–H groups in total. The fraction of sp³-hybridized carbons (Fsp3) is 0.857. The molecule has 5 rings (SSSR count). The van der Waals surface area contributed by atoms with Gasteiger partial charge in [0, 0.05) is 42.3 Å². The largest absolute Gasteiger partial charge is 0.378 e. The first-order valence-electron chi connectivity index (χ1n) is 14.3. The zero-order valence-corrected chi connectivity index (χ0v) is 24.0. The number of allylic oxidation sites excluding steroid dienone is 4. The maximum absolute atomic E-state index is 14.1. The van der Waals surface area contributed by atoms with Crippen LogP contribution in [0.15, 0.2) is 22.1 Å². The van der Waals surface area contributed by atoms with Gasteiger partial charge in [0.05, 0.1) is 4.91 Å². The van der Waals surface area contributed by atoms with Crippen molar-refractivity contribution in [3.63, 3.8) is 0 Å². The molecule has 0 aromatic rings. The van der Waals surface area contributed by atoms with Gasteiger partial charge in [0.1, 0.15) is 6.23 Å². The molecule has 8 heteroatoms. The third-order valence-electron chi connectivity index (χ3n) is 10.0. The monoisotopic (exact) mass is 539 g/mol. The topological polar surface area (TPSA) is 64.1 Å². The lowest BCUT2D eigenvalue weighted by Gasteiger charge is -2.53. The van der Waals surface area contributed by atoms with Crippen LogP contribution in [0.2, 0.25) is 0 Å². The average Bonchev–Trinajstić information content (AvgIpc) is 3.63. The summed E-state index contributed by atoms with van der Waals surface area (Å²) in [6.45, 7) is 10.7. The molecule has 2 aliphatic carbocycles. The molecule has 0 aromatic carbocycles. The predicted molar refractivity (Wildman–Crippen MR) is 146 cm³/mol. The summed E-state index contributed by atoms with van der Waals surface area (Å²) in [5, 5.41) is 12.3. The molecular weight excluding hydrogens is 494 g/mol. The van der Waals surface area contributed by atoms with Crippen molar-refractivity contribution in [3.05, 3.63) is 22.1 Å². The summed E-state index contributed by atoms with van der Waals surface area (Å²) in [7, 11) is -3.59. The Hall–Kier alpha value is -0.440. The van der Waals surface area contributed by atoms with Gasteiger partial charge < -0.3 is 5.11 Å². The van der Waals surface area contributed by atoms with Crippen molar-refractivity contribution in [2.45, 2.75) is 115 Å². The number of nitrogens with zero attached hydrogens (tertiary/aromatic N) is 3. The lowest BCUT2D eigenvalue weighted by Crippen LogP contribution is -2.64. The fourth-order valence-corrected chi connectivity index (χ4v) is 10.0. The van der Waals surface area contributed by atoms with Gasteiger partial charge in [-0.25, -0.2) is 8.42 Å². The van der Waals surface area contributed by atoms with E-state index in [1.807, 2.05) is 4.31 Å². The number of rotatable bonds is 7. The van der Waals surface area contributed by atoms with Gasteiger partial charge in [-0.3, -0.25) is 9.80 Å². The first kappa shape index (κ1) is 27.1. The Balaban J connectivity index is 1.37. The van der Waals surface area contributed by atoms with Gasteiger partial charge in [-0.2, -0.15) is 4.31 Å². The van der Waals surface area contributed by atoms with Crippen LogP contribution in [0, 0.1) is 11.3 Å². The summed E-state index contributed by atoms with van der Waals surface area (Å²) in [6.07, 6.45) is 13.3. The Labute approximate surface area is 223 Å². The molecular formula is C28H46ClN3O3S. The highest BCUT2D eigenvalue weighted by molar-refractivity contribution is 7.93. The maximum Gasteiger partial charge on any atom is 0.239 e. The minimum Gasteiger partial charge on any atom is -0.378 e. The second-order valence-corrected chi connectivity index (χ2v) is 15.2. The van der Waals surface area contributed by atoms with Crippen LogP contribution in [0.4, 0.5) is 0 Å². The van der Waals surface area contributed by atoms with E-state index in [4.69, 9.17) is 11.6 Å². The second-order valence-electron chi connectivity index (χ2n) is 12.8. The quantitative estimate of drug-likeness (QED) is 0.491. The fourth-order valence-electron chi connectivity index (χ4n) is 7.64. The van der Waals surface area contributed by atoms with Gasteiger partial charge in [-0.05, 0) is 94.7 Å². The van der Waals surface area contributed by atoms with Gasteiger partial charge in [0.2, 0.25) is 10.0 Å². The number of sulfonamides is 1. The Kier molecular flexibility index (Phi) is 7.74. The zero-order chi connectivity index (χ0) is 25.7. The number of piperazine rings is 1. The van der Waals surface area contributed by atoms with Crippen LogP contribution >= 0.6 is 11.6 Å². The van der Waals surface area contributed by atoms with Crippen LogP contribution in [0.25, 0.3) is 0 Å². The van der Waals surface area contributed by atoms with E-state index in [1.165, 1.54) is 25.8 Å². The third kappa shape index (κ3) is 5.10. The molecule has 4 fully saturated rings. The number of fused-ring (bicyclic) bond motifs is 1. The predicted octanol–water partition coefficient (Wildman–Crippen LogP) is 5.04. The van der Waals surface area contributed by atoms with Crippen molar-refractivity contribution >= 4 is 21.6 Å². The van der Waals surface area contributed by atoms with Gasteiger partial charge in [-0.15, -0.1) is 0 Å². The maximum atomic E-state index is 14.1. The van der Waals surface area contributed by atoms with E-state index >= 15 is 0 Å². The molecule has 36 heavy (non-hydrogen) atoms. The summed E-state index contributed by atoms with van der Waals surface area (Å²) < 4.78 is 30.2. The number of hydrogen-bond acceptors (Lipinski definition) is 5. The summed E-state index contributed by atoms with van der Waals surface area (Å²) in [6, 6.07) is -0.0255. The van der Waals surface area contributed by atoms with Crippen molar-refractivity contribution in [1.82, 2.24) is 14.1 Å². The average molecular weight is 540 g/mol. The summed E-state index contributed by atoms with van der Waals surface area (Å²) in [4.78, 5) is 5.41. The summed E-state index contributed by atoms with van der Waals surface area (Å²) in [5.41, 5.74) is 0.0345. The molecule has 204 valence electrons. The van der Waals surface area contributed by atoms with Crippen molar-refractivity contribution in [2.24, 2.45) is 11.3 Å². The molecule has 0 radical (unpaired) electrons. The Morgan fingerprint density at radius 3 is 2.50 bits per heavy atom. The highest BCUT2D eigenvalue weighted by Crippen LogP contribution is 2.58. The van der Waals surface area contributed by atoms with Crippen molar-refractivity contribution < 1.29 is 13.5 Å². The van der Waals surface area contributed by atoms with Gasteiger partial charge in [0.15, 0.2) is 0 Å². The van der Waals surface area contributed by atoms with E-state index in [0.717, 1.165) is 56.8 Å². The highest BCUT2D eigenvalue weighted by Gasteiger charge is 2.58. The first-order chi connectivity index (χ1) is 17.1. The van der Waals surface area contributed by atoms with Crippen LogP contribution < -0.4 is 0 Å². The Morgan fingerprint density at radius 1 is 1.06 bits per heavy atom. The molecule has 6 nitrogen and oxygen atoms in total. The van der Waals surface area contributed by atoms with Crippen molar-refractivity contribution in [1.29, 1.82) is 0 Å². The minimum absolute atomic E-state index is 0.00957. The lowest BCUT2D eigenvalue weighted by atomic mass is 9.81. The number of aliphatic hydroxyl groups excluding tert-OH is 1. The van der Waals surface area contributed by atoms with E-state index in [1.54, 1.807) is 12.2 Å². The molecule has 0 amide bonds. The van der Waals surface area contributed by atoms with E-state index < -0.39 is 16.3 Å². The Morgan fingerprint density at radius 2 is 1.83 bits per heavy atom.